The van der Waals surface area contributed by atoms with Gasteiger partial charge in [0.05, 0.1) is 24.5 Å². The molecule has 3 aromatic rings. The van der Waals surface area contributed by atoms with E-state index in [1.807, 2.05) is 79.5 Å². The number of aromatic nitrogens is 3. The van der Waals surface area contributed by atoms with Crippen molar-refractivity contribution in [3.63, 3.8) is 0 Å². The number of benzene rings is 2. The second kappa shape index (κ2) is 25.3. The Morgan fingerprint density at radius 2 is 1.33 bits per heavy atom. The van der Waals surface area contributed by atoms with E-state index in [4.69, 9.17) is 19.2 Å². The monoisotopic (exact) mass is 880 g/mol. The van der Waals surface area contributed by atoms with Crippen molar-refractivity contribution in [1.29, 1.82) is 0 Å². The van der Waals surface area contributed by atoms with E-state index < -0.39 is 18.0 Å². The Morgan fingerprint density at radius 1 is 0.776 bits per heavy atom. The predicted octanol–water partition coefficient (Wildman–Crippen LogP) is 0.132. The molecule has 58 heavy (non-hydrogen) atoms. The van der Waals surface area contributed by atoms with E-state index in [1.165, 1.54) is 0 Å². The van der Waals surface area contributed by atoms with Crippen molar-refractivity contribution in [2.75, 3.05) is 84.4 Å². The fourth-order valence-corrected chi connectivity index (χ4v) is 6.71. The third-order valence-corrected chi connectivity index (χ3v) is 9.70. The van der Waals surface area contributed by atoms with Crippen LogP contribution in [0.15, 0.2) is 48.5 Å². The number of carboxylic acid groups (broad SMARTS) is 2. The Kier molecular flexibility index (Phi) is 21.4. The van der Waals surface area contributed by atoms with Gasteiger partial charge in [0.2, 0.25) is 11.8 Å². The van der Waals surface area contributed by atoms with Crippen LogP contribution in [0.2, 0.25) is 0 Å². The van der Waals surface area contributed by atoms with Gasteiger partial charge in [-0.25, -0.2) is 4.68 Å². The first-order valence-electron chi connectivity index (χ1n) is 18.3. The Morgan fingerprint density at radius 3 is 1.97 bits per heavy atom. The number of nitrogens with zero attached hydrogens (tertiary/aromatic N) is 8. The number of hydrogen-bond donors (Lipinski definition) is 3. The molecular formula is C38H49N9O10Zr. The number of para-hydroxylation sites is 1. The maximum absolute atomic E-state index is 13.8. The molecule has 0 bridgehead atoms. The first kappa shape index (κ1) is 49.1. The Balaban J connectivity index is 0.00000156. The van der Waals surface area contributed by atoms with Crippen LogP contribution in [0.4, 0.5) is 5.69 Å². The standard InChI is InChI=1S/C36H49N9O6.2CO2.Zr/c1-40-16-17-41(2)19-22-44(23-21-43(20-18-40)25-33(48)49)30(36(50)51)12-13-31(46)37-15-14-32(47)45-24-26-8-4-5-9-27(26)35-34(38-39-42(35)3)28-10-6-7-11-29(28)45;2*2-1-3;/h4-11,30H,12-25H2,1-3H3,(H,37,46)(H,48,49)(H,50,51);;;/i;;;1-2. The molecule has 3 heterocycles. The third-order valence-electron chi connectivity index (χ3n) is 9.70. The molecule has 1 saturated heterocycles. The molecule has 1 aromatic heterocycles. The van der Waals surface area contributed by atoms with Gasteiger partial charge in [-0.05, 0) is 32.1 Å². The minimum atomic E-state index is -1.03. The first-order chi connectivity index (χ1) is 27.3. The largest absolute Gasteiger partial charge is 0.480 e. The van der Waals surface area contributed by atoms with Crippen LogP contribution < -0.4 is 10.2 Å². The number of fused-ring (bicyclic) bond motifs is 5. The quantitative estimate of drug-likeness (QED) is 0.246. The Labute approximate surface area is 355 Å². The predicted molar refractivity (Wildman–Crippen MR) is 202 cm³/mol. The van der Waals surface area contributed by atoms with Crippen LogP contribution in [-0.2, 0) is 78.2 Å². The molecule has 5 rings (SSSR count). The van der Waals surface area contributed by atoms with Gasteiger partial charge in [0.15, 0.2) is 0 Å². The molecule has 2 amide bonds. The minimum absolute atomic E-state index is 0. The number of nitrogens with one attached hydrogen (secondary N) is 1. The second-order valence-corrected chi connectivity index (χ2v) is 13.5. The van der Waals surface area contributed by atoms with E-state index >= 15 is 0 Å². The molecule has 0 saturated carbocycles. The average Bonchev–Trinajstić information content (AvgIpc) is 3.55. The van der Waals surface area contributed by atoms with Gasteiger partial charge in [0, 0.05) is 116 Å². The van der Waals surface area contributed by atoms with E-state index in [0.29, 0.717) is 57.2 Å². The molecule has 0 radical (unpaired) electrons. The summed E-state index contributed by atoms with van der Waals surface area (Å²) >= 11 is 0. The fraction of sp³-hybridized carbons (Fsp3) is 0.474. The van der Waals surface area contributed by atoms with Crippen molar-refractivity contribution >= 4 is 41.7 Å². The van der Waals surface area contributed by atoms with Crippen molar-refractivity contribution in [2.24, 2.45) is 7.05 Å². The molecule has 3 N–H and O–H groups in total. The zero-order valence-electron chi connectivity index (χ0n) is 32.8. The van der Waals surface area contributed by atoms with Gasteiger partial charge in [0.25, 0.3) is 0 Å². The number of likely N-dealkylation sites (N-methyl/N-ethyl adjacent to an activating group) is 2. The van der Waals surface area contributed by atoms with E-state index in [2.05, 4.69) is 25.4 Å². The molecule has 1 unspecified atom stereocenters. The van der Waals surface area contributed by atoms with Gasteiger partial charge in [-0.15, -0.1) is 5.10 Å². The number of carbonyl (C=O) groups excluding carboxylic acids is 6. The van der Waals surface area contributed by atoms with Crippen molar-refractivity contribution in [2.45, 2.75) is 31.8 Å². The number of anilines is 1. The maximum Gasteiger partial charge on any atom is 0.373 e. The van der Waals surface area contributed by atoms with Crippen LogP contribution in [0.1, 0.15) is 24.8 Å². The van der Waals surface area contributed by atoms with Crippen LogP contribution in [0.25, 0.3) is 22.5 Å². The van der Waals surface area contributed by atoms with Gasteiger partial charge in [-0.1, -0.05) is 47.7 Å². The fourth-order valence-electron chi connectivity index (χ4n) is 6.71. The summed E-state index contributed by atoms with van der Waals surface area (Å²) < 4.78 is 1.75. The van der Waals surface area contributed by atoms with Crippen molar-refractivity contribution in [3.8, 4) is 22.5 Å². The molecule has 1 atom stereocenters. The Hall–Kier alpha value is -5.06. The normalized spacial score (nSPS) is 15.6. The summed E-state index contributed by atoms with van der Waals surface area (Å²) in [5, 5.41) is 31.2. The van der Waals surface area contributed by atoms with Gasteiger partial charge >= 0.3 is 24.2 Å². The summed E-state index contributed by atoms with van der Waals surface area (Å²) in [6.45, 7) is 4.99. The van der Waals surface area contributed by atoms with Crippen molar-refractivity contribution in [1.82, 2.24) is 39.9 Å². The third kappa shape index (κ3) is 14.7. The smallest absolute Gasteiger partial charge is 0.373 e. The minimum Gasteiger partial charge on any atom is -0.480 e. The van der Waals surface area contributed by atoms with Crippen LogP contribution >= 0.6 is 0 Å². The van der Waals surface area contributed by atoms with Crippen LogP contribution in [0, 0.1) is 0 Å². The zero-order chi connectivity index (χ0) is 41.9. The maximum atomic E-state index is 13.8. The molecular weight excluding hydrogens is 831 g/mol. The average molecular weight is 881 g/mol. The van der Waals surface area contributed by atoms with E-state index in [-0.39, 0.29) is 82.7 Å². The SMILES string of the molecule is CN1CCN(C)CCN(C(CCC(=O)NCCC(=O)N2Cc3ccccc3-c3c(nnn3C)-c3ccccc32)C(=O)O)CCN(CC(=O)O)CC1.O=C=O.O=C=O.[89Zr]. The summed E-state index contributed by atoms with van der Waals surface area (Å²) in [7, 11) is 5.86. The van der Waals surface area contributed by atoms with Gasteiger partial charge in [-0.3, -0.25) is 29.0 Å². The molecule has 19 nitrogen and oxygen atoms in total. The summed E-state index contributed by atoms with van der Waals surface area (Å²) in [5.74, 6) is -2.46. The molecule has 2 aromatic carbocycles. The summed E-state index contributed by atoms with van der Waals surface area (Å²) in [6, 6.07) is 14.5. The molecule has 0 aliphatic carbocycles. The van der Waals surface area contributed by atoms with Crippen LogP contribution in [0.3, 0.4) is 0 Å². The molecule has 0 spiro atoms. The number of carboxylic acids is 2. The van der Waals surface area contributed by atoms with E-state index in [0.717, 1.165) is 35.5 Å². The summed E-state index contributed by atoms with van der Waals surface area (Å²) in [4.78, 5) is 93.1. The second-order valence-electron chi connectivity index (χ2n) is 13.5. The first-order valence-corrected chi connectivity index (χ1v) is 18.3. The van der Waals surface area contributed by atoms with Crippen molar-refractivity contribution < 1.29 is 74.8 Å². The topological polar surface area (TPSA) is 236 Å². The summed E-state index contributed by atoms with van der Waals surface area (Å²) in [5.41, 5.74) is 4.95. The molecule has 2 aliphatic rings. The number of carbonyl (C=O) groups is 4. The van der Waals surface area contributed by atoms with Gasteiger partial charge in [0.1, 0.15) is 11.7 Å². The van der Waals surface area contributed by atoms with Crippen LogP contribution in [0.5, 0.6) is 0 Å². The van der Waals surface area contributed by atoms with E-state index in [1.54, 1.807) is 9.58 Å². The van der Waals surface area contributed by atoms with Crippen molar-refractivity contribution in [3.05, 3.63) is 54.1 Å². The van der Waals surface area contributed by atoms with Crippen LogP contribution in [-0.4, -0.2) is 166 Å². The number of hydrogen-bond acceptors (Lipinski definition) is 14. The zero-order valence-corrected chi connectivity index (χ0v) is 35.3. The number of aliphatic carboxylic acids is 2. The number of aryl methyl sites for hydroxylation is 1. The molecule has 1 fully saturated rings. The number of amides is 2. The molecule has 2 aliphatic heterocycles. The summed E-state index contributed by atoms with van der Waals surface area (Å²) in [6.07, 6.45) is 0.596. The van der Waals surface area contributed by atoms with E-state index in [9.17, 15) is 29.4 Å². The molecule has 310 valence electrons. The van der Waals surface area contributed by atoms with Gasteiger partial charge in [-0.2, -0.15) is 19.2 Å². The molecule has 20 heteroatoms. The number of rotatable bonds is 10. The Bertz CT molecular complexity index is 1890. The van der Waals surface area contributed by atoms with Gasteiger partial charge < -0.3 is 30.2 Å².